The van der Waals surface area contributed by atoms with E-state index in [0.29, 0.717) is 5.56 Å². The normalized spacial score (nSPS) is 9.92. The maximum absolute atomic E-state index is 10.6. The molecule has 64 valence electrons. The first-order chi connectivity index (χ1) is 5.52. The lowest BCUT2D eigenvalue weighted by Crippen LogP contribution is -2.23. The van der Waals surface area contributed by atoms with Crippen LogP contribution in [0.15, 0.2) is 16.6 Å². The van der Waals surface area contributed by atoms with Gasteiger partial charge in [-0.15, -0.1) is 0 Å². The summed E-state index contributed by atoms with van der Waals surface area (Å²) in [7, 11) is 0. The monoisotopic (exact) mass is 227 g/mol. The smallest absolute Gasteiger partial charge is 0.0718 e. The Morgan fingerprint density at radius 3 is 2.42 bits per heavy atom. The molecule has 1 aromatic rings. The van der Waals surface area contributed by atoms with Crippen molar-refractivity contribution in [1.29, 1.82) is 0 Å². The summed E-state index contributed by atoms with van der Waals surface area (Å²) in [5.41, 5.74) is 1.88. The van der Waals surface area contributed by atoms with E-state index < -0.39 is 5.97 Å². The number of hydrogen-bond acceptors (Lipinski definition) is 2. The molecule has 1 aromatic carbocycles. The third kappa shape index (κ3) is 1.67. The summed E-state index contributed by atoms with van der Waals surface area (Å²) >= 11 is 3.32. The van der Waals surface area contributed by atoms with Crippen molar-refractivity contribution < 1.29 is 9.90 Å². The molecule has 0 atom stereocenters. The summed E-state index contributed by atoms with van der Waals surface area (Å²) in [6.45, 7) is 3.59. The number of rotatable bonds is 1. The first-order valence-corrected chi connectivity index (χ1v) is 4.29. The summed E-state index contributed by atoms with van der Waals surface area (Å²) in [5.74, 6) is -1.12. The highest BCUT2D eigenvalue weighted by Gasteiger charge is 2.02. The molecule has 0 aliphatic rings. The Bertz CT molecular complexity index is 332. The summed E-state index contributed by atoms with van der Waals surface area (Å²) in [5, 5.41) is 10.6. The first-order valence-electron chi connectivity index (χ1n) is 3.50. The molecule has 1 rings (SSSR count). The van der Waals surface area contributed by atoms with Gasteiger partial charge in [0.15, 0.2) is 0 Å². The molecule has 0 saturated carbocycles. The van der Waals surface area contributed by atoms with Crippen LogP contribution in [0.3, 0.4) is 0 Å². The van der Waals surface area contributed by atoms with Crippen LogP contribution in [-0.4, -0.2) is 5.97 Å². The zero-order chi connectivity index (χ0) is 9.30. The molecule has 0 aliphatic carbocycles. The number of carbonyl (C=O) groups is 1. The summed E-state index contributed by atoms with van der Waals surface area (Å²) < 4.78 is 0.921. The molecular formula is C9H8BrO2-. The van der Waals surface area contributed by atoms with Gasteiger partial charge in [-0.2, -0.15) is 0 Å². The van der Waals surface area contributed by atoms with Crippen molar-refractivity contribution in [2.24, 2.45) is 0 Å². The zero-order valence-corrected chi connectivity index (χ0v) is 8.44. The predicted octanol–water partition coefficient (Wildman–Crippen LogP) is 1.43. The number of hydrogen-bond donors (Lipinski definition) is 0. The van der Waals surface area contributed by atoms with Crippen molar-refractivity contribution >= 4 is 21.9 Å². The number of aromatic carboxylic acids is 1. The van der Waals surface area contributed by atoms with Gasteiger partial charge in [0.2, 0.25) is 0 Å². The Morgan fingerprint density at radius 2 is 1.92 bits per heavy atom. The Balaban J connectivity index is 3.33. The Hall–Kier alpha value is -0.830. The molecule has 0 aromatic heterocycles. The van der Waals surface area contributed by atoms with Crippen molar-refractivity contribution in [3.05, 3.63) is 33.3 Å². The van der Waals surface area contributed by atoms with Crippen molar-refractivity contribution in [1.82, 2.24) is 0 Å². The number of benzene rings is 1. The second-order valence-electron chi connectivity index (χ2n) is 2.70. The van der Waals surface area contributed by atoms with Crippen LogP contribution in [0, 0.1) is 13.8 Å². The summed E-state index contributed by atoms with van der Waals surface area (Å²) in [4.78, 5) is 10.6. The average molecular weight is 228 g/mol. The van der Waals surface area contributed by atoms with Crippen LogP contribution in [0.5, 0.6) is 0 Å². The van der Waals surface area contributed by atoms with Gasteiger partial charge in [0.05, 0.1) is 5.97 Å². The van der Waals surface area contributed by atoms with Gasteiger partial charge in [-0.3, -0.25) is 0 Å². The van der Waals surface area contributed by atoms with Crippen LogP contribution in [0.4, 0.5) is 0 Å². The van der Waals surface area contributed by atoms with E-state index >= 15 is 0 Å². The SMILES string of the molecule is Cc1cc(C(=O)[O-])c(C)cc1Br. The first kappa shape index (κ1) is 9.26. The molecule has 12 heavy (non-hydrogen) atoms. The predicted molar refractivity (Wildman–Crippen MR) is 47.9 cm³/mol. The molecule has 0 heterocycles. The van der Waals surface area contributed by atoms with Gasteiger partial charge in [-0.25, -0.2) is 0 Å². The molecule has 0 unspecified atom stereocenters. The van der Waals surface area contributed by atoms with Gasteiger partial charge in [0.25, 0.3) is 0 Å². The van der Waals surface area contributed by atoms with Crippen molar-refractivity contribution in [3.63, 3.8) is 0 Å². The molecule has 0 aliphatic heterocycles. The Labute approximate surface area is 79.3 Å². The quantitative estimate of drug-likeness (QED) is 0.729. The Kier molecular flexibility index (Phi) is 2.52. The molecule has 0 N–H and O–H groups in total. The molecule has 0 spiro atoms. The van der Waals surface area contributed by atoms with Gasteiger partial charge in [-0.05, 0) is 37.1 Å². The van der Waals surface area contributed by atoms with E-state index in [4.69, 9.17) is 0 Å². The fourth-order valence-corrected chi connectivity index (χ4v) is 1.46. The van der Waals surface area contributed by atoms with Crippen LogP contribution >= 0.6 is 15.9 Å². The minimum atomic E-state index is -1.12. The van der Waals surface area contributed by atoms with Crippen LogP contribution < -0.4 is 5.11 Å². The largest absolute Gasteiger partial charge is 0.545 e. The highest BCUT2D eigenvalue weighted by molar-refractivity contribution is 9.10. The van der Waals surface area contributed by atoms with Crippen molar-refractivity contribution in [3.8, 4) is 0 Å². The van der Waals surface area contributed by atoms with Crippen LogP contribution in [0.2, 0.25) is 0 Å². The van der Waals surface area contributed by atoms with Crippen LogP contribution in [-0.2, 0) is 0 Å². The molecule has 0 saturated heterocycles. The van der Waals surface area contributed by atoms with Gasteiger partial charge in [0.1, 0.15) is 0 Å². The molecule has 0 radical (unpaired) electrons. The Morgan fingerprint density at radius 1 is 1.33 bits per heavy atom. The molecule has 0 fully saturated rings. The molecule has 0 bridgehead atoms. The minimum Gasteiger partial charge on any atom is -0.545 e. The van der Waals surface area contributed by atoms with Gasteiger partial charge >= 0.3 is 0 Å². The summed E-state index contributed by atoms with van der Waals surface area (Å²) in [6, 6.07) is 3.38. The lowest BCUT2D eigenvalue weighted by Gasteiger charge is -2.08. The third-order valence-electron chi connectivity index (χ3n) is 1.73. The molecule has 0 amide bonds. The van der Waals surface area contributed by atoms with Gasteiger partial charge in [0, 0.05) is 10.0 Å². The average Bonchev–Trinajstić information content (AvgIpc) is 1.96. The number of halogens is 1. The fourth-order valence-electron chi connectivity index (χ4n) is 1.00. The van der Waals surface area contributed by atoms with E-state index in [1.807, 2.05) is 6.92 Å². The summed E-state index contributed by atoms with van der Waals surface area (Å²) in [6.07, 6.45) is 0. The van der Waals surface area contributed by atoms with E-state index in [9.17, 15) is 9.90 Å². The molecule has 2 nitrogen and oxygen atoms in total. The topological polar surface area (TPSA) is 40.1 Å². The molecule has 3 heteroatoms. The van der Waals surface area contributed by atoms with E-state index in [1.165, 1.54) is 0 Å². The molecular weight excluding hydrogens is 220 g/mol. The third-order valence-corrected chi connectivity index (χ3v) is 2.58. The van der Waals surface area contributed by atoms with E-state index in [-0.39, 0.29) is 5.56 Å². The van der Waals surface area contributed by atoms with Gasteiger partial charge in [-0.1, -0.05) is 15.9 Å². The highest BCUT2D eigenvalue weighted by Crippen LogP contribution is 2.20. The minimum absolute atomic E-state index is 0.260. The highest BCUT2D eigenvalue weighted by atomic mass is 79.9. The second kappa shape index (κ2) is 3.27. The number of carboxylic acid groups (broad SMARTS) is 1. The van der Waals surface area contributed by atoms with E-state index in [1.54, 1.807) is 19.1 Å². The van der Waals surface area contributed by atoms with E-state index in [2.05, 4.69) is 15.9 Å². The van der Waals surface area contributed by atoms with E-state index in [0.717, 1.165) is 10.0 Å². The second-order valence-corrected chi connectivity index (χ2v) is 3.56. The maximum atomic E-state index is 10.6. The van der Waals surface area contributed by atoms with Crippen molar-refractivity contribution in [2.75, 3.05) is 0 Å². The maximum Gasteiger partial charge on any atom is 0.0718 e. The fraction of sp³-hybridized carbons (Fsp3) is 0.222. The standard InChI is InChI=1S/C9H9BrO2/c1-5-4-8(10)6(2)3-7(5)9(11)12/h3-4H,1-2H3,(H,11,12)/p-1. The van der Waals surface area contributed by atoms with Crippen molar-refractivity contribution in [2.45, 2.75) is 13.8 Å². The lowest BCUT2D eigenvalue weighted by atomic mass is 10.1. The number of carboxylic acids is 1. The van der Waals surface area contributed by atoms with Gasteiger partial charge < -0.3 is 9.90 Å². The zero-order valence-electron chi connectivity index (χ0n) is 6.85. The number of carbonyl (C=O) groups excluding carboxylic acids is 1. The van der Waals surface area contributed by atoms with Crippen LogP contribution in [0.1, 0.15) is 21.5 Å². The lowest BCUT2D eigenvalue weighted by molar-refractivity contribution is -0.255. The van der Waals surface area contributed by atoms with Crippen LogP contribution in [0.25, 0.3) is 0 Å². The number of aryl methyl sites for hydroxylation is 2.